The van der Waals surface area contributed by atoms with E-state index in [1.807, 2.05) is 5.38 Å². The molecule has 4 nitrogen and oxygen atoms in total. The number of amides is 1. The molecule has 1 fully saturated rings. The highest BCUT2D eigenvalue weighted by atomic mass is 32.1. The fourth-order valence-corrected chi connectivity index (χ4v) is 3.46. The molecular formula is C19H24N2O2S. The zero-order chi connectivity index (χ0) is 16.6. The van der Waals surface area contributed by atoms with Gasteiger partial charge in [0.2, 0.25) is 5.91 Å². The van der Waals surface area contributed by atoms with E-state index in [4.69, 9.17) is 4.74 Å². The summed E-state index contributed by atoms with van der Waals surface area (Å²) in [6.07, 6.45) is 1.36. The van der Waals surface area contributed by atoms with Gasteiger partial charge in [0, 0.05) is 32.6 Å². The number of carbonyl (C=O) groups is 1. The summed E-state index contributed by atoms with van der Waals surface area (Å²) in [6, 6.07) is 10.6. The molecule has 0 atom stereocenters. The molecular weight excluding hydrogens is 320 g/mol. The lowest BCUT2D eigenvalue weighted by molar-refractivity contribution is -0.121. The van der Waals surface area contributed by atoms with E-state index in [1.165, 1.54) is 11.1 Å². The fraction of sp³-hybridized carbons (Fsp3) is 0.421. The zero-order valence-corrected chi connectivity index (χ0v) is 14.7. The number of hydrogen-bond donors (Lipinski definition) is 1. The molecule has 1 N–H and O–H groups in total. The van der Waals surface area contributed by atoms with Crippen molar-refractivity contribution in [1.82, 2.24) is 10.2 Å². The predicted octanol–water partition coefficient (Wildman–Crippen LogP) is 2.83. The monoisotopic (exact) mass is 344 g/mol. The summed E-state index contributed by atoms with van der Waals surface area (Å²) in [5.74, 6) is 0.110. The van der Waals surface area contributed by atoms with Gasteiger partial charge in [0.15, 0.2) is 0 Å². The summed E-state index contributed by atoms with van der Waals surface area (Å²) in [5.41, 5.74) is 3.69. The Hall–Kier alpha value is -1.69. The molecule has 1 amide bonds. The van der Waals surface area contributed by atoms with Crippen molar-refractivity contribution in [1.29, 1.82) is 0 Å². The third-order valence-electron chi connectivity index (χ3n) is 4.24. The van der Waals surface area contributed by atoms with Crippen LogP contribution in [0.4, 0.5) is 0 Å². The summed E-state index contributed by atoms with van der Waals surface area (Å²) < 4.78 is 5.37. The molecule has 1 aliphatic heterocycles. The molecule has 2 aromatic rings. The molecule has 1 saturated heterocycles. The molecule has 1 aromatic heterocycles. The van der Waals surface area contributed by atoms with Gasteiger partial charge in [-0.25, -0.2) is 0 Å². The van der Waals surface area contributed by atoms with E-state index in [-0.39, 0.29) is 5.91 Å². The SMILES string of the molecule is O=C(CCc1ccsc1)NCc1ccc(CN2CCOCC2)cc1. The van der Waals surface area contributed by atoms with Crippen molar-refractivity contribution in [2.24, 2.45) is 0 Å². The smallest absolute Gasteiger partial charge is 0.220 e. The average Bonchev–Trinajstić information content (AvgIpc) is 3.14. The van der Waals surface area contributed by atoms with Crippen LogP contribution in [0.3, 0.4) is 0 Å². The van der Waals surface area contributed by atoms with Crippen molar-refractivity contribution in [2.75, 3.05) is 26.3 Å². The standard InChI is InChI=1S/C19H24N2O2S/c22-19(6-5-18-7-12-24-15-18)20-13-16-1-3-17(4-2-16)14-21-8-10-23-11-9-21/h1-4,7,12,15H,5-6,8-11,13-14H2,(H,20,22). The lowest BCUT2D eigenvalue weighted by Crippen LogP contribution is -2.35. The Bertz CT molecular complexity index is 619. The van der Waals surface area contributed by atoms with Gasteiger partial charge in [0.25, 0.3) is 0 Å². The van der Waals surface area contributed by atoms with Crippen LogP contribution < -0.4 is 5.32 Å². The van der Waals surface area contributed by atoms with Crippen LogP contribution in [0.15, 0.2) is 41.1 Å². The first-order valence-corrected chi connectivity index (χ1v) is 9.39. The minimum absolute atomic E-state index is 0.110. The van der Waals surface area contributed by atoms with Gasteiger partial charge in [-0.2, -0.15) is 11.3 Å². The van der Waals surface area contributed by atoms with E-state index in [0.717, 1.165) is 44.8 Å². The van der Waals surface area contributed by atoms with Crippen LogP contribution in [0.1, 0.15) is 23.1 Å². The van der Waals surface area contributed by atoms with E-state index in [2.05, 4.69) is 45.9 Å². The maximum atomic E-state index is 11.9. The maximum Gasteiger partial charge on any atom is 0.220 e. The number of nitrogens with zero attached hydrogens (tertiary/aromatic N) is 1. The van der Waals surface area contributed by atoms with Crippen molar-refractivity contribution >= 4 is 17.2 Å². The second kappa shape index (κ2) is 8.97. The molecule has 0 aliphatic carbocycles. The topological polar surface area (TPSA) is 41.6 Å². The second-order valence-corrected chi connectivity index (χ2v) is 6.89. The van der Waals surface area contributed by atoms with E-state index in [1.54, 1.807) is 11.3 Å². The fourth-order valence-electron chi connectivity index (χ4n) is 2.76. The first kappa shape index (κ1) is 17.1. The van der Waals surface area contributed by atoms with Crippen LogP contribution in [-0.2, 0) is 29.0 Å². The van der Waals surface area contributed by atoms with Gasteiger partial charge in [-0.05, 0) is 39.9 Å². The number of thiophene rings is 1. The molecule has 1 aliphatic rings. The van der Waals surface area contributed by atoms with Gasteiger partial charge >= 0.3 is 0 Å². The molecule has 0 radical (unpaired) electrons. The van der Waals surface area contributed by atoms with E-state index in [9.17, 15) is 4.79 Å². The maximum absolute atomic E-state index is 11.9. The van der Waals surface area contributed by atoms with E-state index in [0.29, 0.717) is 13.0 Å². The highest BCUT2D eigenvalue weighted by molar-refractivity contribution is 7.07. The number of nitrogens with one attached hydrogen (secondary N) is 1. The van der Waals surface area contributed by atoms with Gasteiger partial charge in [-0.3, -0.25) is 9.69 Å². The number of carbonyl (C=O) groups excluding carboxylic acids is 1. The minimum atomic E-state index is 0.110. The summed E-state index contributed by atoms with van der Waals surface area (Å²) in [6.45, 7) is 5.23. The van der Waals surface area contributed by atoms with Crippen LogP contribution in [0.5, 0.6) is 0 Å². The Morgan fingerprint density at radius 1 is 1.08 bits per heavy atom. The Morgan fingerprint density at radius 2 is 1.83 bits per heavy atom. The van der Waals surface area contributed by atoms with Crippen molar-refractivity contribution in [3.63, 3.8) is 0 Å². The zero-order valence-electron chi connectivity index (χ0n) is 13.9. The lowest BCUT2D eigenvalue weighted by atomic mass is 10.1. The van der Waals surface area contributed by atoms with Crippen LogP contribution >= 0.6 is 11.3 Å². The van der Waals surface area contributed by atoms with Crippen LogP contribution in [0.25, 0.3) is 0 Å². The Kier molecular flexibility index (Phi) is 6.41. The highest BCUT2D eigenvalue weighted by Crippen LogP contribution is 2.10. The third-order valence-corrected chi connectivity index (χ3v) is 4.98. The van der Waals surface area contributed by atoms with Gasteiger partial charge in [-0.1, -0.05) is 24.3 Å². The van der Waals surface area contributed by atoms with Gasteiger partial charge in [0.1, 0.15) is 0 Å². The average molecular weight is 344 g/mol. The molecule has 128 valence electrons. The number of hydrogen-bond acceptors (Lipinski definition) is 4. The van der Waals surface area contributed by atoms with Crippen molar-refractivity contribution < 1.29 is 9.53 Å². The number of benzene rings is 1. The minimum Gasteiger partial charge on any atom is -0.379 e. The molecule has 3 rings (SSSR count). The highest BCUT2D eigenvalue weighted by Gasteiger charge is 2.10. The van der Waals surface area contributed by atoms with Gasteiger partial charge in [0.05, 0.1) is 13.2 Å². The van der Waals surface area contributed by atoms with Crippen LogP contribution in [0.2, 0.25) is 0 Å². The van der Waals surface area contributed by atoms with E-state index >= 15 is 0 Å². The van der Waals surface area contributed by atoms with Crippen LogP contribution in [0, 0.1) is 0 Å². The quantitative estimate of drug-likeness (QED) is 0.840. The molecule has 24 heavy (non-hydrogen) atoms. The molecule has 0 saturated carbocycles. The first-order chi connectivity index (χ1) is 11.8. The molecule has 0 unspecified atom stereocenters. The molecule has 0 spiro atoms. The predicted molar refractivity (Wildman–Crippen MR) is 97.0 cm³/mol. The number of aryl methyl sites for hydroxylation is 1. The normalized spacial score (nSPS) is 15.3. The second-order valence-electron chi connectivity index (χ2n) is 6.11. The summed E-state index contributed by atoms with van der Waals surface area (Å²) in [5, 5.41) is 7.14. The largest absolute Gasteiger partial charge is 0.379 e. The van der Waals surface area contributed by atoms with Crippen molar-refractivity contribution in [3.8, 4) is 0 Å². The first-order valence-electron chi connectivity index (χ1n) is 8.45. The Balaban J connectivity index is 1.39. The molecule has 5 heteroatoms. The summed E-state index contributed by atoms with van der Waals surface area (Å²) >= 11 is 1.67. The summed E-state index contributed by atoms with van der Waals surface area (Å²) in [4.78, 5) is 14.3. The van der Waals surface area contributed by atoms with Gasteiger partial charge < -0.3 is 10.1 Å². The lowest BCUT2D eigenvalue weighted by Gasteiger charge is -2.26. The Morgan fingerprint density at radius 3 is 2.54 bits per heavy atom. The number of rotatable bonds is 7. The molecule has 0 bridgehead atoms. The summed E-state index contributed by atoms with van der Waals surface area (Å²) in [7, 11) is 0. The van der Waals surface area contributed by atoms with E-state index < -0.39 is 0 Å². The number of morpholine rings is 1. The number of ether oxygens (including phenoxy) is 1. The Labute approximate surface area is 147 Å². The van der Waals surface area contributed by atoms with Crippen molar-refractivity contribution in [2.45, 2.75) is 25.9 Å². The third kappa shape index (κ3) is 5.44. The van der Waals surface area contributed by atoms with Crippen LogP contribution in [-0.4, -0.2) is 37.1 Å². The van der Waals surface area contributed by atoms with Crippen molar-refractivity contribution in [3.05, 3.63) is 57.8 Å². The molecule has 1 aromatic carbocycles. The van der Waals surface area contributed by atoms with Gasteiger partial charge in [-0.15, -0.1) is 0 Å². The molecule has 2 heterocycles.